The van der Waals surface area contributed by atoms with Gasteiger partial charge in [0.15, 0.2) is 0 Å². The molecule has 0 unspecified atom stereocenters. The van der Waals surface area contributed by atoms with Crippen molar-refractivity contribution in [3.05, 3.63) is 44.4 Å². The summed E-state index contributed by atoms with van der Waals surface area (Å²) in [4.78, 5) is 56.0. The Labute approximate surface area is 203 Å². The summed E-state index contributed by atoms with van der Waals surface area (Å²) in [5.41, 5.74) is 0.720. The first-order valence-corrected chi connectivity index (χ1v) is 13.2. The Kier molecular flexibility index (Phi) is 4.80. The lowest BCUT2D eigenvalue weighted by Gasteiger charge is -2.43. The van der Waals surface area contributed by atoms with Crippen LogP contribution in [0.3, 0.4) is 0 Å². The van der Waals surface area contributed by atoms with Gasteiger partial charge in [-0.15, -0.1) is 11.8 Å². The third kappa shape index (κ3) is 2.78. The number of carbonyl (C=O) groups is 3. The Morgan fingerprint density at radius 2 is 1.79 bits per heavy atom. The highest BCUT2D eigenvalue weighted by Gasteiger charge is 2.70. The molecule has 10 heteroatoms. The van der Waals surface area contributed by atoms with Gasteiger partial charge < -0.3 is 15.2 Å². The normalized spacial score (nSPS) is 34.3. The van der Waals surface area contributed by atoms with E-state index in [-0.39, 0.29) is 51.4 Å². The number of para-hydroxylation sites is 1. The Morgan fingerprint density at radius 1 is 1.12 bits per heavy atom. The molecule has 6 rings (SSSR count). The fraction of sp³-hybridized carbons (Fsp3) is 0.500. The van der Waals surface area contributed by atoms with Crippen molar-refractivity contribution in [2.45, 2.75) is 42.5 Å². The Balaban J connectivity index is 1.46. The number of fused-ring (bicyclic) bond motifs is 9. The van der Waals surface area contributed by atoms with Gasteiger partial charge in [0.05, 0.1) is 16.9 Å². The summed E-state index contributed by atoms with van der Waals surface area (Å²) in [5, 5.41) is 21.3. The number of hydrogen-bond donors (Lipinski definition) is 3. The van der Waals surface area contributed by atoms with Gasteiger partial charge in [-0.05, 0) is 36.2 Å². The zero-order valence-electron chi connectivity index (χ0n) is 18.5. The molecule has 3 heterocycles. The second-order valence-electron chi connectivity index (χ2n) is 10.1. The predicted octanol–water partition coefficient (Wildman–Crippen LogP) is 2.72. The number of carboxylic acids is 1. The SMILES string of the molecule is CC(C)[C@@H](C(=O)O)N1C(=O)[C@H]2[C@@H]3C[C@@H]([C@@H]2C1=O)[C@H]1[C@H](c2ccccc2O)c2sc(=O)[nH]c2S[C@H]31. The quantitative estimate of drug-likeness (QED) is 0.551. The zero-order chi connectivity index (χ0) is 24.0. The van der Waals surface area contributed by atoms with Crippen molar-refractivity contribution in [1.82, 2.24) is 9.88 Å². The molecule has 2 aromatic rings. The van der Waals surface area contributed by atoms with Gasteiger partial charge in [0.1, 0.15) is 11.8 Å². The van der Waals surface area contributed by atoms with Gasteiger partial charge in [-0.1, -0.05) is 43.4 Å². The highest BCUT2D eigenvalue weighted by atomic mass is 32.2. The molecule has 1 aromatic heterocycles. The van der Waals surface area contributed by atoms with E-state index in [1.54, 1.807) is 37.7 Å². The van der Waals surface area contributed by atoms with Crippen LogP contribution in [0, 0.1) is 35.5 Å². The number of aliphatic carboxylic acids is 1. The maximum Gasteiger partial charge on any atom is 0.327 e. The van der Waals surface area contributed by atoms with Gasteiger partial charge >= 0.3 is 10.8 Å². The van der Waals surface area contributed by atoms with E-state index in [2.05, 4.69) is 4.98 Å². The summed E-state index contributed by atoms with van der Waals surface area (Å²) < 4.78 is 0. The van der Waals surface area contributed by atoms with Crippen molar-refractivity contribution in [2.24, 2.45) is 35.5 Å². The molecule has 2 aliphatic heterocycles. The lowest BCUT2D eigenvalue weighted by Crippen LogP contribution is -2.49. The van der Waals surface area contributed by atoms with Crippen LogP contribution in [-0.4, -0.2) is 49.2 Å². The standard InChI is InChI=1S/C24H24N2O6S2/c1-8(2)17(23(30)31)26-21(28)15-10-7-11(16(15)22(26)29)18-14(10)13(9-5-3-4-6-12(9)27)19-20(33-18)25-24(32)34-19/h3-6,8,10-11,13-18,27H,7H2,1-2H3,(H,25,32)(H,30,31)/t10-,11+,13+,14+,15+,16+,17+,18-/m1/s1. The highest BCUT2D eigenvalue weighted by molar-refractivity contribution is 8.00. The summed E-state index contributed by atoms with van der Waals surface area (Å²) in [6.45, 7) is 3.42. The van der Waals surface area contributed by atoms with Crippen LogP contribution >= 0.6 is 23.1 Å². The van der Waals surface area contributed by atoms with E-state index in [1.165, 1.54) is 0 Å². The average Bonchev–Trinajstić information content (AvgIpc) is 3.49. The van der Waals surface area contributed by atoms with E-state index in [0.717, 1.165) is 31.7 Å². The number of thioether (sulfide) groups is 1. The van der Waals surface area contributed by atoms with Crippen molar-refractivity contribution in [3.63, 3.8) is 0 Å². The minimum atomic E-state index is -1.17. The molecule has 2 aliphatic carbocycles. The Hall–Kier alpha value is -2.59. The Bertz CT molecular complexity index is 1280. The predicted molar refractivity (Wildman–Crippen MR) is 125 cm³/mol. The summed E-state index contributed by atoms with van der Waals surface area (Å²) in [5.74, 6) is -3.75. The van der Waals surface area contributed by atoms with Crippen LogP contribution in [0.15, 0.2) is 34.1 Å². The van der Waals surface area contributed by atoms with E-state index in [0.29, 0.717) is 6.42 Å². The summed E-state index contributed by atoms with van der Waals surface area (Å²) in [7, 11) is 0. The van der Waals surface area contributed by atoms with E-state index in [4.69, 9.17) is 0 Å². The number of nitrogens with zero attached hydrogens (tertiary/aromatic N) is 1. The molecule has 3 N–H and O–H groups in total. The fourth-order valence-electron chi connectivity index (χ4n) is 7.11. The minimum absolute atomic E-state index is 0.00682. The number of imide groups is 1. The number of aromatic nitrogens is 1. The van der Waals surface area contributed by atoms with E-state index in [1.807, 2.05) is 12.1 Å². The molecule has 1 saturated heterocycles. The number of nitrogens with one attached hydrogen (secondary N) is 1. The molecular formula is C24H24N2O6S2. The number of carbonyl (C=O) groups excluding carboxylic acids is 2. The lowest BCUT2D eigenvalue weighted by atomic mass is 9.68. The van der Waals surface area contributed by atoms with Gasteiger partial charge in [-0.2, -0.15) is 0 Å². The third-order valence-corrected chi connectivity index (χ3v) is 10.8. The maximum absolute atomic E-state index is 13.6. The first-order chi connectivity index (χ1) is 16.2. The zero-order valence-corrected chi connectivity index (χ0v) is 20.1. The smallest absolute Gasteiger partial charge is 0.327 e. The number of aromatic amines is 1. The molecule has 2 bridgehead atoms. The highest BCUT2D eigenvalue weighted by Crippen LogP contribution is 2.69. The molecule has 8 atom stereocenters. The van der Waals surface area contributed by atoms with Crippen LogP contribution < -0.4 is 4.87 Å². The monoisotopic (exact) mass is 500 g/mol. The largest absolute Gasteiger partial charge is 0.508 e. The third-order valence-electron chi connectivity index (χ3n) is 8.19. The number of phenolic OH excluding ortho intramolecular Hbond substituents is 1. The molecule has 178 valence electrons. The summed E-state index contributed by atoms with van der Waals surface area (Å²) in [6, 6.07) is 5.91. The molecule has 2 saturated carbocycles. The fourth-order valence-corrected chi connectivity index (χ4v) is 9.99. The van der Waals surface area contributed by atoms with Crippen LogP contribution in [0.4, 0.5) is 0 Å². The van der Waals surface area contributed by atoms with E-state index in [9.17, 15) is 29.4 Å². The van der Waals surface area contributed by atoms with Crippen LogP contribution in [0.25, 0.3) is 0 Å². The topological polar surface area (TPSA) is 128 Å². The maximum atomic E-state index is 13.6. The van der Waals surface area contributed by atoms with Crippen molar-refractivity contribution in [3.8, 4) is 5.75 Å². The second-order valence-corrected chi connectivity index (χ2v) is 12.3. The van der Waals surface area contributed by atoms with Crippen LogP contribution in [0.1, 0.15) is 36.6 Å². The molecule has 3 fully saturated rings. The number of thiazole rings is 1. The molecule has 0 spiro atoms. The number of H-pyrrole nitrogens is 1. The number of hydrogen-bond acceptors (Lipinski definition) is 7. The number of benzene rings is 1. The number of likely N-dealkylation sites (tertiary alicyclic amines) is 1. The van der Waals surface area contributed by atoms with Crippen molar-refractivity contribution in [2.75, 3.05) is 0 Å². The second kappa shape index (κ2) is 7.45. The van der Waals surface area contributed by atoms with Crippen molar-refractivity contribution in [1.29, 1.82) is 0 Å². The molecule has 34 heavy (non-hydrogen) atoms. The number of amides is 2. The minimum Gasteiger partial charge on any atom is -0.508 e. The van der Waals surface area contributed by atoms with Crippen molar-refractivity contribution < 1.29 is 24.6 Å². The van der Waals surface area contributed by atoms with Crippen LogP contribution in [0.5, 0.6) is 5.75 Å². The van der Waals surface area contributed by atoms with Gasteiger partial charge in [0.25, 0.3) is 0 Å². The molecule has 8 nitrogen and oxygen atoms in total. The molecule has 0 radical (unpaired) electrons. The first kappa shape index (κ1) is 21.9. The van der Waals surface area contributed by atoms with Gasteiger partial charge in [0, 0.05) is 21.6 Å². The first-order valence-electron chi connectivity index (χ1n) is 11.5. The summed E-state index contributed by atoms with van der Waals surface area (Å²) in [6.07, 6.45) is 0.714. The molecular weight excluding hydrogens is 476 g/mol. The number of aromatic hydroxyl groups is 1. The molecule has 2 amide bonds. The van der Waals surface area contributed by atoms with E-state index < -0.39 is 29.8 Å². The molecule has 1 aromatic carbocycles. The van der Waals surface area contributed by atoms with Crippen molar-refractivity contribution >= 4 is 40.9 Å². The van der Waals surface area contributed by atoms with E-state index >= 15 is 0 Å². The van der Waals surface area contributed by atoms with Crippen LogP contribution in [-0.2, 0) is 14.4 Å². The summed E-state index contributed by atoms with van der Waals surface area (Å²) >= 11 is 2.70. The average molecular weight is 501 g/mol. The van der Waals surface area contributed by atoms with Crippen LogP contribution in [0.2, 0.25) is 0 Å². The number of rotatable bonds is 4. The van der Waals surface area contributed by atoms with Gasteiger partial charge in [0.2, 0.25) is 11.8 Å². The lowest BCUT2D eigenvalue weighted by molar-refractivity contribution is -0.157. The molecule has 4 aliphatic rings. The Morgan fingerprint density at radius 3 is 2.44 bits per heavy atom. The van der Waals surface area contributed by atoms with Gasteiger partial charge in [-0.3, -0.25) is 19.3 Å². The number of carboxylic acid groups (broad SMARTS) is 1. The number of phenols is 1. The van der Waals surface area contributed by atoms with Gasteiger partial charge in [-0.25, -0.2) is 4.79 Å².